The molecule has 0 bridgehead atoms. The molecule has 2 aromatic heterocycles. The summed E-state index contributed by atoms with van der Waals surface area (Å²) in [5.41, 5.74) is 4.37. The molecule has 0 aliphatic carbocycles. The van der Waals surface area contributed by atoms with Crippen LogP contribution in [0.4, 0.5) is 0 Å². The van der Waals surface area contributed by atoms with Gasteiger partial charge in [-0.15, -0.1) is 0 Å². The van der Waals surface area contributed by atoms with Gasteiger partial charge >= 0.3 is 0 Å². The van der Waals surface area contributed by atoms with Gasteiger partial charge in [0.05, 0.1) is 17.1 Å². The molecule has 1 atom stereocenters. The zero-order chi connectivity index (χ0) is 17.6. The van der Waals surface area contributed by atoms with E-state index in [-0.39, 0.29) is 11.9 Å². The number of benzene rings is 1. The Morgan fingerprint density at radius 3 is 2.60 bits per heavy atom. The first-order valence-corrected chi connectivity index (χ1v) is 8.90. The monoisotopic (exact) mass is 336 g/mol. The summed E-state index contributed by atoms with van der Waals surface area (Å²) in [5, 5.41) is 0. The zero-order valence-electron chi connectivity index (χ0n) is 15.1. The molecule has 1 aliphatic rings. The van der Waals surface area contributed by atoms with Crippen LogP contribution in [0.5, 0.6) is 0 Å². The maximum atomic E-state index is 13.0. The first-order valence-electron chi connectivity index (χ1n) is 8.90. The second-order valence-electron chi connectivity index (χ2n) is 6.97. The van der Waals surface area contributed by atoms with Crippen LogP contribution < -0.4 is 0 Å². The number of fused-ring (bicyclic) bond motifs is 1. The molecule has 1 aliphatic heterocycles. The highest BCUT2D eigenvalue weighted by Gasteiger charge is 2.33. The van der Waals surface area contributed by atoms with Crippen LogP contribution in [-0.2, 0) is 18.4 Å². The number of hydrogen-bond acceptors (Lipinski definition) is 2. The fraction of sp³-hybridized carbons (Fsp3) is 0.400. The van der Waals surface area contributed by atoms with Crippen molar-refractivity contribution in [1.82, 2.24) is 19.0 Å². The van der Waals surface area contributed by atoms with Crippen molar-refractivity contribution in [2.45, 2.75) is 39.3 Å². The standard InChI is InChI=1S/C20H24N4O/c1-14-10-11-15(2)24(14)13-19(25)23-12-6-9-18(23)20-21-16-7-4-5-8-17(16)22(20)3/h4-5,7-8,10-11,18H,6,9,12-13H2,1-3H3. The molecule has 3 aromatic rings. The van der Waals surface area contributed by atoms with Crippen molar-refractivity contribution in [3.05, 3.63) is 53.6 Å². The molecular weight excluding hydrogens is 312 g/mol. The van der Waals surface area contributed by atoms with Crippen molar-refractivity contribution in [2.75, 3.05) is 6.54 Å². The Hall–Kier alpha value is -2.56. The van der Waals surface area contributed by atoms with Crippen LogP contribution in [0.2, 0.25) is 0 Å². The van der Waals surface area contributed by atoms with E-state index in [1.165, 1.54) is 0 Å². The average Bonchev–Trinajstić information content (AvgIpc) is 3.29. The quantitative estimate of drug-likeness (QED) is 0.736. The SMILES string of the molecule is Cc1ccc(C)n1CC(=O)N1CCCC1c1nc2ccccc2n1C. The molecule has 25 heavy (non-hydrogen) atoms. The lowest BCUT2D eigenvalue weighted by Crippen LogP contribution is -2.34. The van der Waals surface area contributed by atoms with Gasteiger partial charge in [-0.3, -0.25) is 4.79 Å². The van der Waals surface area contributed by atoms with E-state index in [4.69, 9.17) is 4.98 Å². The molecule has 1 aromatic carbocycles. The number of likely N-dealkylation sites (tertiary alicyclic amines) is 1. The number of nitrogens with zero attached hydrogens (tertiary/aromatic N) is 4. The third kappa shape index (κ3) is 2.64. The number of carbonyl (C=O) groups excluding carboxylic acids is 1. The van der Waals surface area contributed by atoms with Gasteiger partial charge in [0, 0.05) is 25.0 Å². The Morgan fingerprint density at radius 1 is 1.16 bits per heavy atom. The fourth-order valence-corrected chi connectivity index (χ4v) is 3.97. The van der Waals surface area contributed by atoms with Gasteiger partial charge in [0.2, 0.25) is 5.91 Å². The molecule has 4 rings (SSSR count). The first-order chi connectivity index (χ1) is 12.1. The summed E-state index contributed by atoms with van der Waals surface area (Å²) in [7, 11) is 2.05. The zero-order valence-corrected chi connectivity index (χ0v) is 15.1. The summed E-state index contributed by atoms with van der Waals surface area (Å²) < 4.78 is 4.23. The van der Waals surface area contributed by atoms with Crippen molar-refractivity contribution in [3.8, 4) is 0 Å². The minimum atomic E-state index is 0.0704. The van der Waals surface area contributed by atoms with Gasteiger partial charge in [-0.2, -0.15) is 0 Å². The number of aryl methyl sites for hydroxylation is 3. The van der Waals surface area contributed by atoms with Crippen molar-refractivity contribution < 1.29 is 4.79 Å². The summed E-state index contributed by atoms with van der Waals surface area (Å²) in [6.45, 7) is 5.32. The number of amides is 1. The van der Waals surface area contributed by atoms with Gasteiger partial charge in [-0.05, 0) is 51.0 Å². The Morgan fingerprint density at radius 2 is 1.88 bits per heavy atom. The molecule has 130 valence electrons. The summed E-state index contributed by atoms with van der Waals surface area (Å²) in [6.07, 6.45) is 2.01. The molecule has 1 fully saturated rings. The minimum absolute atomic E-state index is 0.0704. The van der Waals surface area contributed by atoms with Gasteiger partial charge in [0.1, 0.15) is 12.4 Å². The molecule has 1 saturated heterocycles. The van der Waals surface area contributed by atoms with E-state index >= 15 is 0 Å². The Balaban J connectivity index is 1.63. The van der Waals surface area contributed by atoms with E-state index in [1.54, 1.807) is 0 Å². The van der Waals surface area contributed by atoms with Gasteiger partial charge in [-0.25, -0.2) is 4.98 Å². The van der Waals surface area contributed by atoms with Crippen LogP contribution in [0.25, 0.3) is 11.0 Å². The van der Waals surface area contributed by atoms with E-state index in [0.717, 1.165) is 47.6 Å². The Kier molecular flexibility index (Phi) is 3.86. The van der Waals surface area contributed by atoms with E-state index in [9.17, 15) is 4.79 Å². The molecule has 5 nitrogen and oxygen atoms in total. The van der Waals surface area contributed by atoms with Crippen LogP contribution in [0.15, 0.2) is 36.4 Å². The second kappa shape index (κ2) is 6.06. The number of aromatic nitrogens is 3. The first kappa shape index (κ1) is 15.9. The van der Waals surface area contributed by atoms with Gasteiger partial charge < -0.3 is 14.0 Å². The number of para-hydroxylation sites is 2. The van der Waals surface area contributed by atoms with E-state index in [1.807, 2.05) is 44.0 Å². The van der Waals surface area contributed by atoms with Crippen LogP contribution in [0.1, 0.15) is 36.1 Å². The molecule has 0 radical (unpaired) electrons. The molecule has 1 amide bonds. The number of hydrogen-bond donors (Lipinski definition) is 0. The average molecular weight is 336 g/mol. The van der Waals surface area contributed by atoms with Gasteiger partial charge in [0.25, 0.3) is 0 Å². The minimum Gasteiger partial charge on any atom is -0.340 e. The number of rotatable bonds is 3. The van der Waals surface area contributed by atoms with Crippen molar-refractivity contribution >= 4 is 16.9 Å². The highest BCUT2D eigenvalue weighted by Crippen LogP contribution is 2.33. The lowest BCUT2D eigenvalue weighted by atomic mass is 10.2. The second-order valence-corrected chi connectivity index (χ2v) is 6.97. The topological polar surface area (TPSA) is 43.1 Å². The highest BCUT2D eigenvalue weighted by atomic mass is 16.2. The lowest BCUT2D eigenvalue weighted by molar-refractivity contribution is -0.133. The van der Waals surface area contributed by atoms with Crippen LogP contribution in [0, 0.1) is 13.8 Å². The summed E-state index contributed by atoms with van der Waals surface area (Å²) in [4.78, 5) is 19.8. The third-order valence-electron chi connectivity index (χ3n) is 5.40. The summed E-state index contributed by atoms with van der Waals surface area (Å²) >= 11 is 0. The maximum absolute atomic E-state index is 13.0. The highest BCUT2D eigenvalue weighted by molar-refractivity contribution is 5.78. The molecule has 3 heterocycles. The smallest absolute Gasteiger partial charge is 0.243 e. The third-order valence-corrected chi connectivity index (χ3v) is 5.40. The molecular formula is C20H24N4O. The van der Waals surface area contributed by atoms with Crippen LogP contribution in [-0.4, -0.2) is 31.5 Å². The van der Waals surface area contributed by atoms with E-state index < -0.39 is 0 Å². The Bertz CT molecular complexity index is 917. The Labute approximate surface area is 147 Å². The van der Waals surface area contributed by atoms with E-state index in [0.29, 0.717) is 6.54 Å². The summed E-state index contributed by atoms with van der Waals surface area (Å²) in [5.74, 6) is 1.17. The number of imidazole rings is 1. The van der Waals surface area contributed by atoms with Crippen molar-refractivity contribution in [3.63, 3.8) is 0 Å². The van der Waals surface area contributed by atoms with Crippen LogP contribution in [0.3, 0.4) is 0 Å². The largest absolute Gasteiger partial charge is 0.340 e. The van der Waals surface area contributed by atoms with Gasteiger partial charge in [0.15, 0.2) is 0 Å². The molecule has 5 heteroatoms. The summed E-state index contributed by atoms with van der Waals surface area (Å²) in [6, 6.07) is 12.4. The molecule has 0 saturated carbocycles. The maximum Gasteiger partial charge on any atom is 0.243 e. The normalized spacial score (nSPS) is 17.6. The predicted octanol–water partition coefficient (Wildman–Crippen LogP) is 3.36. The van der Waals surface area contributed by atoms with Gasteiger partial charge in [-0.1, -0.05) is 12.1 Å². The lowest BCUT2D eigenvalue weighted by Gasteiger charge is -2.25. The number of carbonyl (C=O) groups is 1. The fourth-order valence-electron chi connectivity index (χ4n) is 3.97. The molecule has 0 N–H and O–H groups in total. The van der Waals surface area contributed by atoms with Crippen molar-refractivity contribution in [2.24, 2.45) is 7.05 Å². The molecule has 1 unspecified atom stereocenters. The van der Waals surface area contributed by atoms with Crippen LogP contribution >= 0.6 is 0 Å². The molecule has 0 spiro atoms. The van der Waals surface area contributed by atoms with Crippen molar-refractivity contribution in [1.29, 1.82) is 0 Å². The van der Waals surface area contributed by atoms with E-state index in [2.05, 4.69) is 27.3 Å². The predicted molar refractivity (Wildman–Crippen MR) is 98.3 cm³/mol.